The molecule has 2 aromatic rings. The number of benzene rings is 1. The van der Waals surface area contributed by atoms with Crippen molar-refractivity contribution in [3.05, 3.63) is 63.5 Å². The van der Waals surface area contributed by atoms with E-state index in [0.717, 1.165) is 31.1 Å². The van der Waals surface area contributed by atoms with Crippen molar-refractivity contribution in [2.75, 3.05) is 44.2 Å². The van der Waals surface area contributed by atoms with Gasteiger partial charge >= 0.3 is 12.0 Å². The molecule has 1 saturated heterocycles. The molecule has 2 amide bonds. The molecule has 1 unspecified atom stereocenters. The minimum atomic E-state index is -0.489. The molecule has 0 bridgehead atoms. The maximum atomic E-state index is 12.8. The van der Waals surface area contributed by atoms with Crippen LogP contribution in [0.1, 0.15) is 23.4 Å². The van der Waals surface area contributed by atoms with Crippen molar-refractivity contribution in [2.45, 2.75) is 19.9 Å². The zero-order valence-corrected chi connectivity index (χ0v) is 18.7. The van der Waals surface area contributed by atoms with Crippen LogP contribution in [0.3, 0.4) is 0 Å². The Balaban J connectivity index is 1.52. The lowest BCUT2D eigenvalue weighted by atomic mass is 10.0. The SMILES string of the molecule is CCOC(=O)C1=C(CN2CCN(c3cccc(C)c3)CC2)NC(=O)NC1c1cccs1. The van der Waals surface area contributed by atoms with Gasteiger partial charge in [0.25, 0.3) is 0 Å². The second-order valence-corrected chi connectivity index (χ2v) is 8.74. The van der Waals surface area contributed by atoms with E-state index >= 15 is 0 Å². The van der Waals surface area contributed by atoms with Gasteiger partial charge in [-0.1, -0.05) is 18.2 Å². The molecule has 164 valence electrons. The van der Waals surface area contributed by atoms with Crippen LogP contribution < -0.4 is 15.5 Å². The number of anilines is 1. The molecule has 4 rings (SSSR count). The summed E-state index contributed by atoms with van der Waals surface area (Å²) in [6, 6.07) is 11.6. The molecule has 1 fully saturated rings. The summed E-state index contributed by atoms with van der Waals surface area (Å²) in [6.07, 6.45) is 0. The third-order valence-electron chi connectivity index (χ3n) is 5.60. The van der Waals surface area contributed by atoms with Gasteiger partial charge in [-0.2, -0.15) is 0 Å². The molecule has 2 N–H and O–H groups in total. The Labute approximate surface area is 186 Å². The topological polar surface area (TPSA) is 73.9 Å². The van der Waals surface area contributed by atoms with E-state index in [1.807, 2.05) is 17.5 Å². The molecule has 2 aliphatic rings. The second kappa shape index (κ2) is 9.53. The summed E-state index contributed by atoms with van der Waals surface area (Å²) in [5.74, 6) is -0.387. The van der Waals surface area contributed by atoms with Crippen LogP contribution in [-0.2, 0) is 9.53 Å². The van der Waals surface area contributed by atoms with Crippen molar-refractivity contribution in [2.24, 2.45) is 0 Å². The number of hydrogen-bond donors (Lipinski definition) is 2. The first-order chi connectivity index (χ1) is 15.0. The summed E-state index contributed by atoms with van der Waals surface area (Å²) in [7, 11) is 0. The van der Waals surface area contributed by atoms with E-state index in [9.17, 15) is 9.59 Å². The van der Waals surface area contributed by atoms with Gasteiger partial charge in [0.2, 0.25) is 0 Å². The Kier molecular flexibility index (Phi) is 6.58. The predicted octanol–water partition coefficient (Wildman–Crippen LogP) is 3.05. The normalized spacial score (nSPS) is 19.7. The standard InChI is InChI=1S/C23H28N4O3S/c1-3-30-22(28)20-18(24-23(29)25-21(20)19-8-5-13-31-19)15-26-9-11-27(12-10-26)17-7-4-6-16(2)14-17/h4-8,13-14,21H,3,9-12,15H2,1-2H3,(H2,24,25,29). The number of thiophene rings is 1. The lowest BCUT2D eigenvalue weighted by molar-refractivity contribution is -0.139. The van der Waals surface area contributed by atoms with Crippen LogP contribution in [0.2, 0.25) is 0 Å². The molecule has 31 heavy (non-hydrogen) atoms. The first-order valence-electron chi connectivity index (χ1n) is 10.6. The number of amides is 2. The van der Waals surface area contributed by atoms with E-state index < -0.39 is 6.04 Å². The second-order valence-electron chi connectivity index (χ2n) is 7.76. The number of piperazine rings is 1. The highest BCUT2D eigenvalue weighted by Crippen LogP contribution is 2.31. The molecule has 1 atom stereocenters. The molecular weight excluding hydrogens is 412 g/mol. The van der Waals surface area contributed by atoms with E-state index in [2.05, 4.69) is 51.6 Å². The molecule has 0 aliphatic carbocycles. The van der Waals surface area contributed by atoms with Gasteiger partial charge in [0, 0.05) is 49.0 Å². The molecule has 3 heterocycles. The smallest absolute Gasteiger partial charge is 0.338 e. The van der Waals surface area contributed by atoms with Crippen LogP contribution in [-0.4, -0.2) is 56.2 Å². The molecular formula is C23H28N4O3S. The molecule has 1 aromatic carbocycles. The number of carbonyl (C=O) groups excluding carboxylic acids is 2. The number of carbonyl (C=O) groups is 2. The molecule has 0 saturated carbocycles. The summed E-state index contributed by atoms with van der Waals surface area (Å²) in [5.41, 5.74) is 3.61. The Morgan fingerprint density at radius 2 is 2.00 bits per heavy atom. The van der Waals surface area contributed by atoms with Crippen molar-refractivity contribution < 1.29 is 14.3 Å². The molecule has 2 aliphatic heterocycles. The summed E-state index contributed by atoms with van der Waals surface area (Å²) in [5, 5.41) is 7.70. The Morgan fingerprint density at radius 3 is 2.68 bits per heavy atom. The minimum Gasteiger partial charge on any atom is -0.463 e. The number of hydrogen-bond acceptors (Lipinski definition) is 6. The highest BCUT2D eigenvalue weighted by molar-refractivity contribution is 7.10. The Hall–Kier alpha value is -2.84. The lowest BCUT2D eigenvalue weighted by Crippen LogP contribution is -2.51. The van der Waals surface area contributed by atoms with Crippen molar-refractivity contribution in [1.29, 1.82) is 0 Å². The number of aryl methyl sites for hydroxylation is 1. The van der Waals surface area contributed by atoms with E-state index in [-0.39, 0.29) is 18.6 Å². The van der Waals surface area contributed by atoms with Crippen LogP contribution in [0.5, 0.6) is 0 Å². The average molecular weight is 441 g/mol. The highest BCUT2D eigenvalue weighted by atomic mass is 32.1. The van der Waals surface area contributed by atoms with E-state index in [1.165, 1.54) is 22.6 Å². The van der Waals surface area contributed by atoms with E-state index in [1.54, 1.807) is 6.92 Å². The zero-order valence-electron chi connectivity index (χ0n) is 17.9. The monoisotopic (exact) mass is 440 g/mol. The summed E-state index contributed by atoms with van der Waals surface area (Å²) < 4.78 is 5.34. The fourth-order valence-corrected chi connectivity index (χ4v) is 4.86. The fraction of sp³-hybridized carbons (Fsp3) is 0.391. The molecule has 0 radical (unpaired) electrons. The highest BCUT2D eigenvalue weighted by Gasteiger charge is 2.35. The first-order valence-corrected chi connectivity index (χ1v) is 11.5. The maximum Gasteiger partial charge on any atom is 0.338 e. The van der Waals surface area contributed by atoms with Crippen LogP contribution in [0, 0.1) is 6.92 Å². The van der Waals surface area contributed by atoms with Gasteiger partial charge in [0.1, 0.15) is 0 Å². The fourth-order valence-electron chi connectivity index (χ4n) is 4.07. The lowest BCUT2D eigenvalue weighted by Gasteiger charge is -2.38. The van der Waals surface area contributed by atoms with Gasteiger partial charge in [-0.15, -0.1) is 11.3 Å². The van der Waals surface area contributed by atoms with Crippen molar-refractivity contribution in [1.82, 2.24) is 15.5 Å². The van der Waals surface area contributed by atoms with Gasteiger partial charge in [-0.05, 0) is 43.0 Å². The number of ether oxygens (including phenoxy) is 1. The summed E-state index contributed by atoms with van der Waals surface area (Å²) in [6.45, 7) is 8.17. The van der Waals surface area contributed by atoms with Gasteiger partial charge in [0.05, 0.1) is 18.2 Å². The number of urea groups is 1. The Bertz CT molecular complexity index is 965. The molecule has 7 nitrogen and oxygen atoms in total. The number of nitrogens with zero attached hydrogens (tertiary/aromatic N) is 2. The van der Waals surface area contributed by atoms with Crippen LogP contribution >= 0.6 is 11.3 Å². The van der Waals surface area contributed by atoms with Gasteiger partial charge < -0.3 is 20.3 Å². The molecule has 0 spiro atoms. The van der Waals surface area contributed by atoms with Crippen LogP contribution in [0.4, 0.5) is 10.5 Å². The molecule has 1 aromatic heterocycles. The van der Waals surface area contributed by atoms with Crippen LogP contribution in [0.25, 0.3) is 0 Å². The third-order valence-corrected chi connectivity index (χ3v) is 6.53. The summed E-state index contributed by atoms with van der Waals surface area (Å²) in [4.78, 5) is 30.8. The van der Waals surface area contributed by atoms with Crippen molar-refractivity contribution in [3.63, 3.8) is 0 Å². The number of nitrogens with one attached hydrogen (secondary N) is 2. The minimum absolute atomic E-state index is 0.288. The molecule has 8 heteroatoms. The van der Waals surface area contributed by atoms with Crippen molar-refractivity contribution in [3.8, 4) is 0 Å². The summed E-state index contributed by atoms with van der Waals surface area (Å²) >= 11 is 1.51. The quantitative estimate of drug-likeness (QED) is 0.676. The maximum absolute atomic E-state index is 12.8. The first kappa shape index (κ1) is 21.4. The largest absolute Gasteiger partial charge is 0.463 e. The van der Waals surface area contributed by atoms with E-state index in [4.69, 9.17) is 4.74 Å². The van der Waals surface area contributed by atoms with Crippen LogP contribution in [0.15, 0.2) is 53.0 Å². The zero-order chi connectivity index (χ0) is 21.8. The van der Waals surface area contributed by atoms with E-state index in [0.29, 0.717) is 17.8 Å². The van der Waals surface area contributed by atoms with Crippen molar-refractivity contribution >= 4 is 29.0 Å². The average Bonchev–Trinajstić information content (AvgIpc) is 3.29. The predicted molar refractivity (Wildman–Crippen MR) is 122 cm³/mol. The van der Waals surface area contributed by atoms with Gasteiger partial charge in [0.15, 0.2) is 0 Å². The Morgan fingerprint density at radius 1 is 1.19 bits per heavy atom. The number of rotatable bonds is 6. The van der Waals surface area contributed by atoms with Gasteiger partial charge in [-0.25, -0.2) is 9.59 Å². The van der Waals surface area contributed by atoms with Gasteiger partial charge in [-0.3, -0.25) is 4.90 Å². The third kappa shape index (κ3) is 4.91. The number of esters is 1.